The maximum absolute atomic E-state index is 11.8. The Labute approximate surface area is 122 Å². The number of aromatic nitrogens is 1. The Kier molecular flexibility index (Phi) is 3.28. The first kappa shape index (κ1) is 13.1. The Bertz CT molecular complexity index is 814. The number of nitrogens with two attached hydrogens (primary N) is 1. The van der Waals surface area contributed by atoms with Gasteiger partial charge in [-0.25, -0.2) is 4.98 Å². The summed E-state index contributed by atoms with van der Waals surface area (Å²) in [4.78, 5) is 16.4. The Morgan fingerprint density at radius 1 is 1.10 bits per heavy atom. The number of hydrogen-bond acceptors (Lipinski definition) is 3. The molecule has 1 amide bonds. The van der Waals surface area contributed by atoms with E-state index in [0.29, 0.717) is 22.2 Å². The summed E-state index contributed by atoms with van der Waals surface area (Å²) in [5.74, 6) is 0.187. The number of amides is 1. The standard InChI is InChI=1S/C17H14N2O2/c1-21-12-7-8-15-13(9-12)14(17(18)20)10-16(19-15)11-5-3-2-4-6-11/h2-10H,1H3,(H2,18,20). The first-order valence-corrected chi connectivity index (χ1v) is 6.53. The van der Waals surface area contributed by atoms with Crippen molar-refractivity contribution in [2.24, 2.45) is 5.73 Å². The van der Waals surface area contributed by atoms with Crippen molar-refractivity contribution in [1.82, 2.24) is 4.98 Å². The number of hydrogen-bond donors (Lipinski definition) is 1. The van der Waals surface area contributed by atoms with Crippen LogP contribution in [-0.2, 0) is 0 Å². The molecule has 0 fully saturated rings. The zero-order valence-electron chi connectivity index (χ0n) is 11.5. The largest absolute Gasteiger partial charge is 0.497 e. The van der Waals surface area contributed by atoms with Gasteiger partial charge in [0.25, 0.3) is 0 Å². The molecule has 3 rings (SSSR count). The van der Waals surface area contributed by atoms with E-state index in [1.165, 1.54) is 0 Å². The van der Waals surface area contributed by atoms with Crippen LogP contribution in [0.2, 0.25) is 0 Å². The molecule has 1 aromatic heterocycles. The topological polar surface area (TPSA) is 65.2 Å². The molecule has 4 heteroatoms. The predicted octanol–water partition coefficient (Wildman–Crippen LogP) is 3.01. The average Bonchev–Trinajstić information content (AvgIpc) is 2.54. The third kappa shape index (κ3) is 2.43. The second-order valence-corrected chi connectivity index (χ2v) is 4.67. The minimum Gasteiger partial charge on any atom is -0.497 e. The van der Waals surface area contributed by atoms with E-state index >= 15 is 0 Å². The number of nitrogens with zero attached hydrogens (tertiary/aromatic N) is 1. The minimum atomic E-state index is -0.479. The second kappa shape index (κ2) is 5.25. The highest BCUT2D eigenvalue weighted by molar-refractivity contribution is 6.06. The van der Waals surface area contributed by atoms with Crippen molar-refractivity contribution in [3.8, 4) is 17.0 Å². The molecule has 0 aliphatic heterocycles. The Morgan fingerprint density at radius 3 is 2.52 bits per heavy atom. The van der Waals surface area contributed by atoms with Crippen molar-refractivity contribution >= 4 is 16.8 Å². The van der Waals surface area contributed by atoms with Gasteiger partial charge in [-0.05, 0) is 24.3 Å². The summed E-state index contributed by atoms with van der Waals surface area (Å²) >= 11 is 0. The molecule has 4 nitrogen and oxygen atoms in total. The number of primary amides is 1. The number of carbonyl (C=O) groups excluding carboxylic acids is 1. The molecule has 2 N–H and O–H groups in total. The van der Waals surface area contributed by atoms with E-state index in [9.17, 15) is 4.79 Å². The van der Waals surface area contributed by atoms with Crippen LogP contribution in [0.3, 0.4) is 0 Å². The fourth-order valence-electron chi connectivity index (χ4n) is 2.29. The van der Waals surface area contributed by atoms with Gasteiger partial charge in [0.05, 0.1) is 23.9 Å². The number of rotatable bonds is 3. The Morgan fingerprint density at radius 2 is 1.86 bits per heavy atom. The van der Waals surface area contributed by atoms with Gasteiger partial charge < -0.3 is 10.5 Å². The molecule has 0 bridgehead atoms. The first-order valence-electron chi connectivity index (χ1n) is 6.53. The van der Waals surface area contributed by atoms with E-state index in [2.05, 4.69) is 4.98 Å². The Balaban J connectivity index is 2.29. The number of ether oxygens (including phenoxy) is 1. The lowest BCUT2D eigenvalue weighted by Gasteiger charge is -2.09. The molecule has 0 atom stereocenters. The van der Waals surface area contributed by atoms with Crippen LogP contribution in [-0.4, -0.2) is 18.0 Å². The van der Waals surface area contributed by atoms with Crippen LogP contribution in [0.4, 0.5) is 0 Å². The lowest BCUT2D eigenvalue weighted by Crippen LogP contribution is -2.12. The van der Waals surface area contributed by atoms with Gasteiger partial charge in [-0.2, -0.15) is 0 Å². The van der Waals surface area contributed by atoms with Gasteiger partial charge in [0.1, 0.15) is 5.75 Å². The molecule has 2 aromatic carbocycles. The summed E-state index contributed by atoms with van der Waals surface area (Å²) in [6, 6.07) is 16.8. The van der Waals surface area contributed by atoms with E-state index in [-0.39, 0.29) is 0 Å². The fourth-order valence-corrected chi connectivity index (χ4v) is 2.29. The van der Waals surface area contributed by atoms with Crippen molar-refractivity contribution in [3.05, 3.63) is 60.2 Å². The van der Waals surface area contributed by atoms with Crippen LogP contribution in [0.15, 0.2) is 54.6 Å². The monoisotopic (exact) mass is 278 g/mol. The predicted molar refractivity (Wildman–Crippen MR) is 82.2 cm³/mol. The lowest BCUT2D eigenvalue weighted by molar-refractivity contribution is 0.100. The summed E-state index contributed by atoms with van der Waals surface area (Å²) < 4.78 is 5.19. The van der Waals surface area contributed by atoms with Crippen LogP contribution in [0.25, 0.3) is 22.2 Å². The minimum absolute atomic E-state index is 0.442. The maximum atomic E-state index is 11.8. The molecule has 0 saturated carbocycles. The molecule has 0 spiro atoms. The quantitative estimate of drug-likeness (QED) is 0.801. The summed E-state index contributed by atoms with van der Waals surface area (Å²) in [7, 11) is 1.58. The summed E-state index contributed by atoms with van der Waals surface area (Å²) in [5.41, 5.74) is 8.33. The van der Waals surface area contributed by atoms with Gasteiger partial charge in [-0.1, -0.05) is 30.3 Å². The van der Waals surface area contributed by atoms with Crippen LogP contribution in [0, 0.1) is 0 Å². The molecule has 0 aliphatic rings. The number of fused-ring (bicyclic) bond motifs is 1. The molecule has 0 aliphatic carbocycles. The lowest BCUT2D eigenvalue weighted by atomic mass is 10.0. The number of pyridine rings is 1. The van der Waals surface area contributed by atoms with E-state index in [0.717, 1.165) is 11.3 Å². The number of methoxy groups -OCH3 is 1. The highest BCUT2D eigenvalue weighted by Crippen LogP contribution is 2.27. The maximum Gasteiger partial charge on any atom is 0.249 e. The summed E-state index contributed by atoms with van der Waals surface area (Å²) in [5, 5.41) is 0.696. The fraction of sp³-hybridized carbons (Fsp3) is 0.0588. The zero-order chi connectivity index (χ0) is 14.8. The van der Waals surface area contributed by atoms with Crippen molar-refractivity contribution in [2.75, 3.05) is 7.11 Å². The van der Waals surface area contributed by atoms with Crippen LogP contribution < -0.4 is 10.5 Å². The van der Waals surface area contributed by atoms with Crippen molar-refractivity contribution in [1.29, 1.82) is 0 Å². The summed E-state index contributed by atoms with van der Waals surface area (Å²) in [6.07, 6.45) is 0. The van der Waals surface area contributed by atoms with E-state index in [1.54, 1.807) is 19.2 Å². The number of benzene rings is 2. The SMILES string of the molecule is COc1ccc2nc(-c3ccccc3)cc(C(N)=O)c2c1. The summed E-state index contributed by atoms with van der Waals surface area (Å²) in [6.45, 7) is 0. The van der Waals surface area contributed by atoms with Crippen molar-refractivity contribution in [2.45, 2.75) is 0 Å². The highest BCUT2D eigenvalue weighted by Gasteiger charge is 2.12. The smallest absolute Gasteiger partial charge is 0.249 e. The Hall–Kier alpha value is -2.88. The van der Waals surface area contributed by atoms with Gasteiger partial charge in [-0.15, -0.1) is 0 Å². The average molecular weight is 278 g/mol. The molecule has 104 valence electrons. The molecule has 1 heterocycles. The van der Waals surface area contributed by atoms with Crippen LogP contribution >= 0.6 is 0 Å². The molecular weight excluding hydrogens is 264 g/mol. The molecule has 0 radical (unpaired) electrons. The normalized spacial score (nSPS) is 10.5. The van der Waals surface area contributed by atoms with E-state index in [1.807, 2.05) is 42.5 Å². The molecule has 0 saturated heterocycles. The second-order valence-electron chi connectivity index (χ2n) is 4.67. The molecule has 0 unspecified atom stereocenters. The van der Waals surface area contributed by atoms with Gasteiger partial charge in [-0.3, -0.25) is 4.79 Å². The highest BCUT2D eigenvalue weighted by atomic mass is 16.5. The van der Waals surface area contributed by atoms with Crippen molar-refractivity contribution < 1.29 is 9.53 Å². The zero-order valence-corrected chi connectivity index (χ0v) is 11.5. The van der Waals surface area contributed by atoms with Crippen LogP contribution in [0.1, 0.15) is 10.4 Å². The van der Waals surface area contributed by atoms with Gasteiger partial charge in [0.2, 0.25) is 5.91 Å². The first-order chi connectivity index (χ1) is 10.2. The third-order valence-electron chi connectivity index (χ3n) is 3.35. The number of carbonyl (C=O) groups is 1. The van der Waals surface area contributed by atoms with E-state index in [4.69, 9.17) is 10.5 Å². The van der Waals surface area contributed by atoms with Gasteiger partial charge in [0, 0.05) is 10.9 Å². The van der Waals surface area contributed by atoms with Gasteiger partial charge in [0.15, 0.2) is 0 Å². The van der Waals surface area contributed by atoms with Crippen LogP contribution in [0.5, 0.6) is 5.75 Å². The molecule has 3 aromatic rings. The van der Waals surface area contributed by atoms with Gasteiger partial charge >= 0.3 is 0 Å². The third-order valence-corrected chi connectivity index (χ3v) is 3.35. The molecular formula is C17H14N2O2. The molecule has 21 heavy (non-hydrogen) atoms. The van der Waals surface area contributed by atoms with E-state index < -0.39 is 5.91 Å². The van der Waals surface area contributed by atoms with Crippen molar-refractivity contribution in [3.63, 3.8) is 0 Å².